The van der Waals surface area contributed by atoms with Crippen molar-refractivity contribution < 1.29 is 4.74 Å². The van der Waals surface area contributed by atoms with Gasteiger partial charge < -0.3 is 10.5 Å². The Balaban J connectivity index is 1.70. The van der Waals surface area contributed by atoms with Crippen molar-refractivity contribution in [1.82, 2.24) is 4.98 Å². The molecule has 0 spiro atoms. The lowest BCUT2D eigenvalue weighted by Gasteiger charge is -2.15. The van der Waals surface area contributed by atoms with E-state index in [0.29, 0.717) is 13.0 Å². The van der Waals surface area contributed by atoms with E-state index in [4.69, 9.17) is 15.9 Å². The van der Waals surface area contributed by atoms with Crippen LogP contribution in [0.5, 0.6) is 5.75 Å². The van der Waals surface area contributed by atoms with Gasteiger partial charge in [-0.3, -0.25) is 10.4 Å². The second kappa shape index (κ2) is 4.53. The summed E-state index contributed by atoms with van der Waals surface area (Å²) in [5.74, 6) is 1.09. The summed E-state index contributed by atoms with van der Waals surface area (Å²) in [5, 5.41) is 8.50. The van der Waals surface area contributed by atoms with Crippen LogP contribution in [0.4, 0.5) is 0 Å². The number of nitrogens with two attached hydrogens (primary N) is 1. The summed E-state index contributed by atoms with van der Waals surface area (Å²) in [6.07, 6.45) is 4.61. The molecule has 2 aromatic rings. The van der Waals surface area contributed by atoms with Crippen LogP contribution in [-0.2, 0) is 0 Å². The van der Waals surface area contributed by atoms with Crippen LogP contribution in [0.3, 0.4) is 0 Å². The molecular formula is C15H17N3O. The van der Waals surface area contributed by atoms with Crippen molar-refractivity contribution in [2.45, 2.75) is 19.3 Å². The minimum atomic E-state index is 0.102. The Morgan fingerprint density at radius 1 is 1.37 bits per heavy atom. The molecule has 3 N–H and O–H groups in total. The van der Waals surface area contributed by atoms with Gasteiger partial charge in [0.05, 0.1) is 18.0 Å². The van der Waals surface area contributed by atoms with E-state index in [9.17, 15) is 0 Å². The van der Waals surface area contributed by atoms with E-state index in [-0.39, 0.29) is 11.3 Å². The van der Waals surface area contributed by atoms with Crippen molar-refractivity contribution in [2.75, 3.05) is 6.61 Å². The second-order valence-electron chi connectivity index (χ2n) is 5.35. The number of amidine groups is 1. The van der Waals surface area contributed by atoms with Crippen LogP contribution in [-0.4, -0.2) is 17.4 Å². The molecule has 98 valence electrons. The highest BCUT2D eigenvalue weighted by Gasteiger charge is 2.43. The molecular weight excluding hydrogens is 238 g/mol. The number of pyridine rings is 1. The lowest BCUT2D eigenvalue weighted by atomic mass is 10.0. The molecule has 1 aromatic carbocycles. The number of nitrogens with one attached hydrogen (secondary N) is 1. The van der Waals surface area contributed by atoms with Crippen molar-refractivity contribution >= 4 is 16.7 Å². The first-order valence-corrected chi connectivity index (χ1v) is 6.47. The van der Waals surface area contributed by atoms with Gasteiger partial charge >= 0.3 is 0 Å². The minimum Gasteiger partial charge on any atom is -0.493 e. The lowest BCUT2D eigenvalue weighted by molar-refractivity contribution is 0.238. The second-order valence-corrected chi connectivity index (χ2v) is 5.35. The normalized spacial score (nSPS) is 16.2. The molecule has 0 atom stereocenters. The highest BCUT2D eigenvalue weighted by molar-refractivity contribution is 5.79. The van der Waals surface area contributed by atoms with Gasteiger partial charge in [-0.1, -0.05) is 6.07 Å². The fourth-order valence-corrected chi connectivity index (χ4v) is 2.33. The molecule has 1 aliphatic rings. The zero-order valence-corrected chi connectivity index (χ0v) is 10.7. The first kappa shape index (κ1) is 12.0. The van der Waals surface area contributed by atoms with Crippen LogP contribution < -0.4 is 10.5 Å². The number of rotatable bonds is 5. The molecule has 0 saturated heterocycles. The zero-order valence-electron chi connectivity index (χ0n) is 10.7. The third kappa shape index (κ3) is 2.67. The van der Waals surface area contributed by atoms with Crippen molar-refractivity contribution in [3.63, 3.8) is 0 Å². The molecule has 1 fully saturated rings. The minimum absolute atomic E-state index is 0.102. The van der Waals surface area contributed by atoms with Crippen LogP contribution in [0.1, 0.15) is 19.3 Å². The van der Waals surface area contributed by atoms with Crippen LogP contribution in [0.2, 0.25) is 0 Å². The Kier molecular flexibility index (Phi) is 2.85. The fraction of sp³-hybridized carbons (Fsp3) is 0.333. The van der Waals surface area contributed by atoms with Gasteiger partial charge in [-0.15, -0.1) is 0 Å². The zero-order chi connectivity index (χ0) is 13.3. The van der Waals surface area contributed by atoms with E-state index in [1.54, 1.807) is 6.20 Å². The molecule has 0 bridgehead atoms. The Labute approximate surface area is 112 Å². The summed E-state index contributed by atoms with van der Waals surface area (Å²) in [6, 6.07) is 9.90. The fourth-order valence-electron chi connectivity index (χ4n) is 2.33. The van der Waals surface area contributed by atoms with Gasteiger partial charge in [0, 0.05) is 29.5 Å². The number of nitrogens with zero attached hydrogens (tertiary/aromatic N) is 1. The largest absolute Gasteiger partial charge is 0.493 e. The van der Waals surface area contributed by atoms with Crippen molar-refractivity contribution in [3.05, 3.63) is 36.5 Å². The summed E-state index contributed by atoms with van der Waals surface area (Å²) in [5.41, 5.74) is 6.52. The molecule has 1 heterocycles. The van der Waals surface area contributed by atoms with E-state index in [1.807, 2.05) is 30.3 Å². The standard InChI is InChI=1S/C15H17N3O/c16-14(17)9-15(5-6-15)10-19-12-4-3-11-2-1-7-18-13(11)8-12/h1-4,7-8H,5-6,9-10H2,(H3,16,17). The van der Waals surface area contributed by atoms with Crippen molar-refractivity contribution in [1.29, 1.82) is 5.41 Å². The van der Waals surface area contributed by atoms with Gasteiger partial charge in [0.25, 0.3) is 0 Å². The SMILES string of the molecule is N=C(N)CC1(COc2ccc3cccnc3c2)CC1. The monoisotopic (exact) mass is 255 g/mol. The van der Waals surface area contributed by atoms with Gasteiger partial charge in [-0.2, -0.15) is 0 Å². The molecule has 0 aliphatic heterocycles. The maximum atomic E-state index is 7.39. The van der Waals surface area contributed by atoms with Crippen molar-refractivity contribution in [2.24, 2.45) is 11.1 Å². The van der Waals surface area contributed by atoms with E-state index in [0.717, 1.165) is 29.5 Å². The summed E-state index contributed by atoms with van der Waals surface area (Å²) in [7, 11) is 0. The lowest BCUT2D eigenvalue weighted by Crippen LogP contribution is -2.21. The van der Waals surface area contributed by atoms with Gasteiger partial charge in [-0.05, 0) is 31.0 Å². The number of fused-ring (bicyclic) bond motifs is 1. The molecule has 0 radical (unpaired) electrons. The Bertz CT molecular complexity index is 620. The van der Waals surface area contributed by atoms with Gasteiger partial charge in [-0.25, -0.2) is 0 Å². The van der Waals surface area contributed by atoms with E-state index in [1.165, 1.54) is 0 Å². The number of hydrogen-bond acceptors (Lipinski definition) is 3. The summed E-state index contributed by atoms with van der Waals surface area (Å²) in [4.78, 5) is 4.32. The predicted molar refractivity (Wildman–Crippen MR) is 75.4 cm³/mol. The third-order valence-electron chi connectivity index (χ3n) is 3.64. The average Bonchev–Trinajstić information content (AvgIpc) is 3.15. The van der Waals surface area contributed by atoms with Crippen molar-refractivity contribution in [3.8, 4) is 5.75 Å². The molecule has 4 heteroatoms. The summed E-state index contributed by atoms with van der Waals surface area (Å²) >= 11 is 0. The molecule has 0 amide bonds. The molecule has 3 rings (SSSR count). The maximum Gasteiger partial charge on any atom is 0.121 e. The molecule has 4 nitrogen and oxygen atoms in total. The van der Waals surface area contributed by atoms with E-state index < -0.39 is 0 Å². The number of hydrogen-bond donors (Lipinski definition) is 2. The quantitative estimate of drug-likeness (QED) is 0.637. The first-order chi connectivity index (χ1) is 9.17. The smallest absolute Gasteiger partial charge is 0.121 e. The Morgan fingerprint density at radius 3 is 2.95 bits per heavy atom. The van der Waals surface area contributed by atoms with Gasteiger partial charge in [0.15, 0.2) is 0 Å². The summed E-state index contributed by atoms with van der Waals surface area (Å²) in [6.45, 7) is 0.630. The molecule has 1 saturated carbocycles. The van der Waals surface area contributed by atoms with E-state index >= 15 is 0 Å². The molecule has 0 unspecified atom stereocenters. The van der Waals surface area contributed by atoms with Crippen LogP contribution >= 0.6 is 0 Å². The highest BCUT2D eigenvalue weighted by atomic mass is 16.5. The topological polar surface area (TPSA) is 72.0 Å². The predicted octanol–water partition coefficient (Wildman–Crippen LogP) is 2.72. The Hall–Kier alpha value is -2.10. The summed E-state index contributed by atoms with van der Waals surface area (Å²) < 4.78 is 5.85. The van der Waals surface area contributed by atoms with E-state index in [2.05, 4.69) is 4.98 Å². The highest BCUT2D eigenvalue weighted by Crippen LogP contribution is 2.48. The first-order valence-electron chi connectivity index (χ1n) is 6.47. The average molecular weight is 255 g/mol. The number of benzene rings is 1. The molecule has 1 aromatic heterocycles. The molecule has 19 heavy (non-hydrogen) atoms. The van der Waals surface area contributed by atoms with Gasteiger partial charge in [0.2, 0.25) is 0 Å². The molecule has 1 aliphatic carbocycles. The Morgan fingerprint density at radius 2 is 2.21 bits per heavy atom. The number of ether oxygens (including phenoxy) is 1. The van der Waals surface area contributed by atoms with Crippen LogP contribution in [0, 0.1) is 10.8 Å². The van der Waals surface area contributed by atoms with Crippen LogP contribution in [0.15, 0.2) is 36.5 Å². The van der Waals surface area contributed by atoms with Crippen LogP contribution in [0.25, 0.3) is 10.9 Å². The maximum absolute atomic E-state index is 7.39. The third-order valence-corrected chi connectivity index (χ3v) is 3.64. The van der Waals surface area contributed by atoms with Gasteiger partial charge in [0.1, 0.15) is 5.75 Å². The number of aromatic nitrogens is 1.